The number of rotatable bonds is 4. The van der Waals surface area contributed by atoms with Crippen LogP contribution in [-0.4, -0.2) is 49.4 Å². The molecule has 0 atom stereocenters. The van der Waals surface area contributed by atoms with E-state index in [2.05, 4.69) is 4.90 Å². The topological polar surface area (TPSA) is 62.6 Å². The van der Waals surface area contributed by atoms with Crippen LogP contribution in [0.1, 0.15) is 32.1 Å². The van der Waals surface area contributed by atoms with E-state index in [0.29, 0.717) is 6.67 Å². The molecule has 0 spiro atoms. The van der Waals surface area contributed by atoms with Gasteiger partial charge in [-0.3, -0.25) is 9.69 Å². The second-order valence-corrected chi connectivity index (χ2v) is 8.14. The van der Waals surface area contributed by atoms with Crippen molar-refractivity contribution in [3.8, 4) is 0 Å². The summed E-state index contributed by atoms with van der Waals surface area (Å²) in [6.07, 6.45) is 7.44. The second-order valence-electron chi connectivity index (χ2n) is 5.99. The Kier molecular flexibility index (Phi) is 5.77. The zero-order chi connectivity index (χ0) is 16.2. The maximum Gasteiger partial charge on any atom is 0.251 e. The molecule has 0 saturated carbocycles. The molecule has 6 nitrogen and oxygen atoms in total. The Morgan fingerprint density at radius 1 is 1.05 bits per heavy atom. The maximum absolute atomic E-state index is 12.2. The van der Waals surface area contributed by atoms with Crippen molar-refractivity contribution in [2.75, 3.05) is 27.2 Å². The summed E-state index contributed by atoms with van der Waals surface area (Å²) in [6, 6.07) is 2.71. The highest BCUT2D eigenvalue weighted by atomic mass is 32.2. The fourth-order valence-electron chi connectivity index (χ4n) is 2.65. The van der Waals surface area contributed by atoms with Crippen molar-refractivity contribution in [2.45, 2.75) is 43.7 Å². The normalized spacial score (nSPS) is 18.1. The van der Waals surface area contributed by atoms with Crippen LogP contribution in [0.15, 0.2) is 28.0 Å². The molecule has 0 aromatic carbocycles. The lowest BCUT2D eigenvalue weighted by Crippen LogP contribution is -2.34. The van der Waals surface area contributed by atoms with Crippen LogP contribution < -0.4 is 5.56 Å². The Labute approximate surface area is 132 Å². The van der Waals surface area contributed by atoms with Gasteiger partial charge in [-0.25, -0.2) is 12.7 Å². The molecule has 2 rings (SSSR count). The van der Waals surface area contributed by atoms with E-state index >= 15 is 0 Å². The minimum absolute atomic E-state index is 0.157. The Morgan fingerprint density at radius 2 is 1.64 bits per heavy atom. The standard InChI is InChI=1S/C15H25N3O3S/c1-16(2)22(20,21)14-8-9-15(19)18(12-14)13-17-10-6-4-3-5-7-11-17/h8-9,12H,3-7,10-11,13H2,1-2H3. The molecule has 1 aromatic rings. The SMILES string of the molecule is CN(C)S(=O)(=O)c1ccc(=O)n(CN2CCCCCCC2)c1. The number of pyridine rings is 1. The van der Waals surface area contributed by atoms with E-state index in [-0.39, 0.29) is 10.5 Å². The number of hydrogen-bond acceptors (Lipinski definition) is 4. The molecule has 1 fully saturated rings. The molecule has 0 bridgehead atoms. The fraction of sp³-hybridized carbons (Fsp3) is 0.667. The van der Waals surface area contributed by atoms with Crippen LogP contribution in [0.2, 0.25) is 0 Å². The van der Waals surface area contributed by atoms with Crippen LogP contribution in [0.4, 0.5) is 0 Å². The molecular formula is C15H25N3O3S. The van der Waals surface area contributed by atoms with Crippen LogP contribution in [0, 0.1) is 0 Å². The van der Waals surface area contributed by atoms with Crippen molar-refractivity contribution >= 4 is 10.0 Å². The third kappa shape index (κ3) is 4.18. The van der Waals surface area contributed by atoms with E-state index in [1.54, 1.807) is 0 Å². The van der Waals surface area contributed by atoms with Gasteiger partial charge in [-0.05, 0) is 32.0 Å². The van der Waals surface area contributed by atoms with Crippen LogP contribution in [0.25, 0.3) is 0 Å². The zero-order valence-corrected chi connectivity index (χ0v) is 14.2. The molecule has 0 unspecified atom stereocenters. The summed E-state index contributed by atoms with van der Waals surface area (Å²) in [6.45, 7) is 2.36. The fourth-order valence-corrected chi connectivity index (χ4v) is 3.58. The lowest BCUT2D eigenvalue weighted by Gasteiger charge is -2.25. The molecule has 0 N–H and O–H groups in total. The Morgan fingerprint density at radius 3 is 2.23 bits per heavy atom. The molecule has 22 heavy (non-hydrogen) atoms. The summed E-state index contributed by atoms with van der Waals surface area (Å²) >= 11 is 0. The average molecular weight is 327 g/mol. The largest absolute Gasteiger partial charge is 0.301 e. The van der Waals surface area contributed by atoms with Gasteiger partial charge in [0, 0.05) is 26.4 Å². The smallest absolute Gasteiger partial charge is 0.251 e. The molecule has 0 aliphatic carbocycles. The zero-order valence-electron chi connectivity index (χ0n) is 13.4. The first-order valence-electron chi connectivity index (χ1n) is 7.76. The maximum atomic E-state index is 12.2. The van der Waals surface area contributed by atoms with E-state index in [9.17, 15) is 13.2 Å². The van der Waals surface area contributed by atoms with Crippen molar-refractivity contribution in [2.24, 2.45) is 0 Å². The lowest BCUT2D eigenvalue weighted by atomic mass is 10.1. The highest BCUT2D eigenvalue weighted by Gasteiger charge is 2.18. The lowest BCUT2D eigenvalue weighted by molar-refractivity contribution is 0.195. The average Bonchev–Trinajstić information content (AvgIpc) is 2.43. The van der Waals surface area contributed by atoms with Crippen molar-refractivity contribution in [1.29, 1.82) is 0 Å². The number of sulfonamides is 1. The van der Waals surface area contributed by atoms with E-state index in [4.69, 9.17) is 0 Å². The van der Waals surface area contributed by atoms with Crippen LogP contribution in [-0.2, 0) is 16.7 Å². The Hall–Kier alpha value is -1.18. The Bertz CT molecular complexity index is 644. The molecular weight excluding hydrogens is 302 g/mol. The van der Waals surface area contributed by atoms with Gasteiger partial charge >= 0.3 is 0 Å². The highest BCUT2D eigenvalue weighted by Crippen LogP contribution is 2.13. The van der Waals surface area contributed by atoms with Crippen molar-refractivity contribution in [3.05, 3.63) is 28.7 Å². The first-order chi connectivity index (χ1) is 10.4. The van der Waals surface area contributed by atoms with Gasteiger partial charge in [0.05, 0.1) is 11.6 Å². The number of nitrogens with zero attached hydrogens (tertiary/aromatic N) is 3. The summed E-state index contributed by atoms with van der Waals surface area (Å²) in [4.78, 5) is 14.4. The van der Waals surface area contributed by atoms with Gasteiger partial charge in [0.25, 0.3) is 5.56 Å². The van der Waals surface area contributed by atoms with Crippen molar-refractivity contribution in [3.63, 3.8) is 0 Å². The summed E-state index contributed by atoms with van der Waals surface area (Å²) in [5, 5.41) is 0. The van der Waals surface area contributed by atoms with Gasteiger partial charge in [0.2, 0.25) is 10.0 Å². The van der Waals surface area contributed by atoms with Gasteiger partial charge in [-0.2, -0.15) is 0 Å². The highest BCUT2D eigenvalue weighted by molar-refractivity contribution is 7.89. The second kappa shape index (κ2) is 7.39. The van der Waals surface area contributed by atoms with Gasteiger partial charge in [-0.15, -0.1) is 0 Å². The van der Waals surface area contributed by atoms with Gasteiger partial charge < -0.3 is 4.57 Å². The first-order valence-corrected chi connectivity index (χ1v) is 9.20. The number of aromatic nitrogens is 1. The van der Waals surface area contributed by atoms with Crippen molar-refractivity contribution in [1.82, 2.24) is 13.8 Å². The van der Waals surface area contributed by atoms with Gasteiger partial charge in [0.15, 0.2) is 0 Å². The van der Waals surface area contributed by atoms with Gasteiger partial charge in [0.1, 0.15) is 0 Å². The molecule has 1 aliphatic heterocycles. The van der Waals surface area contributed by atoms with Crippen LogP contribution in [0.3, 0.4) is 0 Å². The molecule has 0 radical (unpaired) electrons. The van der Waals surface area contributed by atoms with E-state index in [0.717, 1.165) is 30.2 Å². The molecule has 0 amide bonds. The summed E-state index contributed by atoms with van der Waals surface area (Å²) in [7, 11) is -0.537. The molecule has 1 saturated heterocycles. The molecule has 1 aromatic heterocycles. The third-order valence-electron chi connectivity index (χ3n) is 4.04. The van der Waals surface area contributed by atoms with E-state index in [1.165, 1.54) is 56.3 Å². The minimum Gasteiger partial charge on any atom is -0.301 e. The quantitative estimate of drug-likeness (QED) is 0.837. The van der Waals surface area contributed by atoms with Crippen LogP contribution in [0.5, 0.6) is 0 Å². The summed E-state index contributed by atoms with van der Waals surface area (Å²) in [5.41, 5.74) is -0.167. The van der Waals surface area contributed by atoms with Gasteiger partial charge in [-0.1, -0.05) is 19.3 Å². The summed E-state index contributed by atoms with van der Waals surface area (Å²) < 4.78 is 27.0. The summed E-state index contributed by atoms with van der Waals surface area (Å²) in [5.74, 6) is 0. The van der Waals surface area contributed by atoms with E-state index < -0.39 is 10.0 Å². The molecule has 124 valence electrons. The molecule has 7 heteroatoms. The predicted octanol–water partition coefficient (Wildman–Crippen LogP) is 1.32. The van der Waals surface area contributed by atoms with E-state index in [1.807, 2.05) is 0 Å². The Balaban J connectivity index is 2.21. The number of hydrogen-bond donors (Lipinski definition) is 0. The third-order valence-corrected chi connectivity index (χ3v) is 5.83. The monoisotopic (exact) mass is 327 g/mol. The number of likely N-dealkylation sites (tertiary alicyclic amines) is 1. The van der Waals surface area contributed by atoms with Crippen molar-refractivity contribution < 1.29 is 8.42 Å². The molecule has 2 heterocycles. The molecule has 1 aliphatic rings. The van der Waals surface area contributed by atoms with Crippen LogP contribution >= 0.6 is 0 Å². The predicted molar refractivity (Wildman–Crippen MR) is 86.2 cm³/mol. The first kappa shape index (κ1) is 17.2. The minimum atomic E-state index is -3.51.